The van der Waals surface area contributed by atoms with E-state index in [2.05, 4.69) is 11.9 Å². The van der Waals surface area contributed by atoms with Crippen LogP contribution < -0.4 is 56.5 Å². The molecule has 0 spiro atoms. The Bertz CT molecular complexity index is 301. The number of carbonyl (C=O) groups is 1. The third-order valence-corrected chi connectivity index (χ3v) is 3.18. The van der Waals surface area contributed by atoms with Gasteiger partial charge in [-0.3, -0.25) is 14.7 Å². The zero-order chi connectivity index (χ0) is 15.9. The van der Waals surface area contributed by atoms with E-state index in [9.17, 15) is 9.90 Å². The summed E-state index contributed by atoms with van der Waals surface area (Å²) < 4.78 is 0. The van der Waals surface area contributed by atoms with Crippen molar-refractivity contribution in [3.8, 4) is 0 Å². The number of unbranched alkanes of at least 4 members (excludes halogenated alkanes) is 5. The molecule has 0 fully saturated rings. The maximum absolute atomic E-state index is 11.6. The fourth-order valence-corrected chi connectivity index (χ4v) is 1.98. The standard InChI is InChI=1S/C15H30N2O4.K/c1-2-3-4-5-6-9-14(19)16-13-17(12-15(20)21)10-7-8-11-18;/h18H,2-13H2,1H3,(H,16,19)(H,20,21);/q;+1/p-1. The molecule has 22 heavy (non-hydrogen) atoms. The van der Waals surface area contributed by atoms with E-state index in [1.54, 1.807) is 4.90 Å². The summed E-state index contributed by atoms with van der Waals surface area (Å²) in [5, 5.41) is 29.2. The number of carboxylic acid groups (broad SMARTS) is 1. The Morgan fingerprint density at radius 2 is 1.82 bits per heavy atom. The maximum atomic E-state index is 11.6. The Morgan fingerprint density at radius 3 is 2.41 bits per heavy atom. The molecular formula is C15H29KN2O4. The van der Waals surface area contributed by atoms with Gasteiger partial charge in [-0.25, -0.2) is 0 Å². The van der Waals surface area contributed by atoms with Gasteiger partial charge in [-0.15, -0.1) is 0 Å². The van der Waals surface area contributed by atoms with E-state index in [0.29, 0.717) is 25.8 Å². The summed E-state index contributed by atoms with van der Waals surface area (Å²) in [4.78, 5) is 16.3. The first-order valence-electron chi connectivity index (χ1n) is 7.85. The van der Waals surface area contributed by atoms with Crippen molar-refractivity contribution in [1.29, 1.82) is 0 Å². The Kier molecular flexibility index (Phi) is 20.1. The molecule has 7 heteroatoms. The molecule has 0 amide bonds. The zero-order valence-corrected chi connectivity index (χ0v) is 17.2. The summed E-state index contributed by atoms with van der Waals surface area (Å²) in [6.07, 6.45) is 7.19. The van der Waals surface area contributed by atoms with E-state index in [1.165, 1.54) is 12.8 Å². The molecule has 0 unspecified atom stereocenters. The van der Waals surface area contributed by atoms with Crippen molar-refractivity contribution in [1.82, 2.24) is 4.90 Å². The molecule has 0 aliphatic heterocycles. The van der Waals surface area contributed by atoms with Crippen LogP contribution in [0.25, 0.3) is 0 Å². The van der Waals surface area contributed by atoms with Crippen LogP contribution in [0.5, 0.6) is 0 Å². The minimum atomic E-state index is -0.929. The molecule has 0 aromatic rings. The minimum Gasteiger partial charge on any atom is -0.862 e. The summed E-state index contributed by atoms with van der Waals surface area (Å²) in [7, 11) is 0. The van der Waals surface area contributed by atoms with Crippen LogP contribution in [-0.4, -0.2) is 53.3 Å². The van der Waals surface area contributed by atoms with E-state index in [0.717, 1.165) is 19.3 Å². The van der Waals surface area contributed by atoms with Gasteiger partial charge in [0, 0.05) is 13.2 Å². The van der Waals surface area contributed by atoms with Crippen LogP contribution in [0.2, 0.25) is 0 Å². The Hall–Kier alpha value is 0.496. The fraction of sp³-hybridized carbons (Fsp3) is 0.867. The van der Waals surface area contributed by atoms with Crippen molar-refractivity contribution in [3.63, 3.8) is 0 Å². The van der Waals surface area contributed by atoms with Crippen LogP contribution in [0.4, 0.5) is 0 Å². The average Bonchev–Trinajstić information content (AvgIpc) is 2.44. The number of aliphatic carboxylic acids is 1. The van der Waals surface area contributed by atoms with Crippen LogP contribution in [0, 0.1) is 0 Å². The van der Waals surface area contributed by atoms with Crippen LogP contribution in [0.1, 0.15) is 58.3 Å². The molecule has 0 aromatic carbocycles. The molecule has 6 nitrogen and oxygen atoms in total. The van der Waals surface area contributed by atoms with E-state index < -0.39 is 5.97 Å². The Morgan fingerprint density at radius 1 is 1.14 bits per heavy atom. The monoisotopic (exact) mass is 340 g/mol. The van der Waals surface area contributed by atoms with Crippen molar-refractivity contribution in [2.75, 3.05) is 26.4 Å². The third kappa shape index (κ3) is 16.9. The normalized spacial score (nSPS) is 11.5. The van der Waals surface area contributed by atoms with Gasteiger partial charge in [0.05, 0.1) is 13.2 Å². The second-order valence-corrected chi connectivity index (χ2v) is 5.23. The number of nitrogens with zero attached hydrogens (tertiary/aromatic N) is 2. The van der Waals surface area contributed by atoms with E-state index in [1.807, 2.05) is 0 Å². The molecule has 124 valence electrons. The van der Waals surface area contributed by atoms with Crippen molar-refractivity contribution in [3.05, 3.63) is 0 Å². The van der Waals surface area contributed by atoms with Crippen LogP contribution >= 0.6 is 0 Å². The van der Waals surface area contributed by atoms with Gasteiger partial charge in [0.15, 0.2) is 0 Å². The van der Waals surface area contributed by atoms with E-state index in [-0.39, 0.29) is 77.1 Å². The number of aliphatic hydroxyl groups excluding tert-OH is 1. The number of hydrogen-bond acceptors (Lipinski definition) is 5. The molecule has 0 atom stereocenters. The SMILES string of the molecule is CCCCCCCC([O-])=NCN(CCCCO)CC(=O)O.[K+]. The minimum absolute atomic E-state index is 0. The first kappa shape index (κ1) is 24.7. The number of carboxylic acids is 1. The number of aliphatic hydroxyl groups is 1. The van der Waals surface area contributed by atoms with Gasteiger partial charge in [-0.2, -0.15) is 0 Å². The third-order valence-electron chi connectivity index (χ3n) is 3.18. The first-order valence-corrected chi connectivity index (χ1v) is 7.85. The molecule has 0 aromatic heterocycles. The van der Waals surface area contributed by atoms with Gasteiger partial charge < -0.3 is 15.3 Å². The fourth-order valence-electron chi connectivity index (χ4n) is 1.98. The molecular weight excluding hydrogens is 311 g/mol. The first-order chi connectivity index (χ1) is 10.1. The van der Waals surface area contributed by atoms with E-state index >= 15 is 0 Å². The number of aliphatic imine (C=N–C) groups is 1. The molecule has 0 heterocycles. The summed E-state index contributed by atoms with van der Waals surface area (Å²) >= 11 is 0. The molecule has 0 rings (SSSR count). The predicted octanol–water partition coefficient (Wildman–Crippen LogP) is -1.77. The Balaban J connectivity index is 0. The molecule has 0 saturated heterocycles. The van der Waals surface area contributed by atoms with Crippen molar-refractivity contribution >= 4 is 11.9 Å². The van der Waals surface area contributed by atoms with E-state index in [4.69, 9.17) is 10.2 Å². The quantitative estimate of drug-likeness (QED) is 0.169. The number of rotatable bonds is 14. The molecule has 0 saturated carbocycles. The van der Waals surface area contributed by atoms with Crippen LogP contribution in [0.3, 0.4) is 0 Å². The largest absolute Gasteiger partial charge is 1.00 e. The predicted molar refractivity (Wildman–Crippen MR) is 81.2 cm³/mol. The van der Waals surface area contributed by atoms with Crippen LogP contribution in [0.15, 0.2) is 4.99 Å². The summed E-state index contributed by atoms with van der Waals surface area (Å²) in [6.45, 7) is 2.77. The number of hydrogen-bond donors (Lipinski definition) is 2. The summed E-state index contributed by atoms with van der Waals surface area (Å²) in [5.74, 6) is -1.08. The summed E-state index contributed by atoms with van der Waals surface area (Å²) in [6, 6.07) is 0. The molecule has 0 aliphatic rings. The van der Waals surface area contributed by atoms with Gasteiger partial charge in [-0.1, -0.05) is 32.6 Å². The Labute approximate surface area is 176 Å². The molecule has 0 aliphatic carbocycles. The summed E-state index contributed by atoms with van der Waals surface area (Å²) in [5.41, 5.74) is 0. The van der Waals surface area contributed by atoms with Gasteiger partial charge >= 0.3 is 57.4 Å². The van der Waals surface area contributed by atoms with Gasteiger partial charge in [0.1, 0.15) is 0 Å². The second-order valence-electron chi connectivity index (χ2n) is 5.23. The zero-order valence-electron chi connectivity index (χ0n) is 14.1. The van der Waals surface area contributed by atoms with Crippen LogP contribution in [-0.2, 0) is 4.79 Å². The smallest absolute Gasteiger partial charge is 0.862 e. The molecule has 2 N–H and O–H groups in total. The maximum Gasteiger partial charge on any atom is 1.00 e. The second kappa shape index (κ2) is 17.8. The van der Waals surface area contributed by atoms with Gasteiger partial charge in [-0.05, 0) is 31.6 Å². The van der Waals surface area contributed by atoms with Gasteiger partial charge in [0.2, 0.25) is 0 Å². The van der Waals surface area contributed by atoms with Gasteiger partial charge in [0.25, 0.3) is 0 Å². The topological polar surface area (TPSA) is 96.2 Å². The molecule has 0 radical (unpaired) electrons. The molecule has 0 bridgehead atoms. The van der Waals surface area contributed by atoms with Crippen molar-refractivity contribution in [2.24, 2.45) is 4.99 Å². The average molecular weight is 341 g/mol. The van der Waals surface area contributed by atoms with Crippen molar-refractivity contribution in [2.45, 2.75) is 58.3 Å². The van der Waals surface area contributed by atoms with Crippen molar-refractivity contribution < 1.29 is 71.5 Å².